The van der Waals surface area contributed by atoms with Gasteiger partial charge in [-0.05, 0) is 44.0 Å². The number of piperidine rings is 1. The van der Waals surface area contributed by atoms with Crippen LogP contribution < -0.4 is 0 Å². The molecule has 1 aromatic carbocycles. The third-order valence-corrected chi connectivity index (χ3v) is 3.97. The maximum Gasteiger partial charge on any atom is 0.114 e. The fourth-order valence-electron chi connectivity index (χ4n) is 2.65. The minimum Gasteiger partial charge on any atom is -0.365 e. The Kier molecular flexibility index (Phi) is 2.93. The zero-order valence-electron chi connectivity index (χ0n) is 10.6. The number of nitrogens with zero attached hydrogens (tertiary/aromatic N) is 1. The molecule has 0 N–H and O–H groups in total. The zero-order chi connectivity index (χ0) is 11.7. The second kappa shape index (κ2) is 4.43. The van der Waals surface area contributed by atoms with Crippen LogP contribution in [0.3, 0.4) is 0 Å². The molecule has 1 unspecified atom stereocenters. The number of hydrogen-bond donors (Lipinski definition) is 0. The summed E-state index contributed by atoms with van der Waals surface area (Å²) in [5.74, 6) is 0. The molecule has 2 fully saturated rings. The average molecular weight is 231 g/mol. The van der Waals surface area contributed by atoms with Crippen molar-refractivity contribution in [2.24, 2.45) is 0 Å². The highest BCUT2D eigenvalue weighted by Gasteiger charge is 2.41. The van der Waals surface area contributed by atoms with Crippen molar-refractivity contribution in [1.29, 1.82) is 0 Å². The predicted octanol–water partition coefficient (Wildman–Crippen LogP) is 2.92. The molecule has 2 aliphatic heterocycles. The molecular weight excluding hydrogens is 210 g/mol. The monoisotopic (exact) mass is 231 g/mol. The van der Waals surface area contributed by atoms with E-state index in [-0.39, 0.29) is 5.60 Å². The lowest BCUT2D eigenvalue weighted by Crippen LogP contribution is -2.29. The van der Waals surface area contributed by atoms with Gasteiger partial charge in [-0.3, -0.25) is 4.90 Å². The van der Waals surface area contributed by atoms with Crippen LogP contribution in [-0.2, 0) is 16.9 Å². The van der Waals surface area contributed by atoms with E-state index in [9.17, 15) is 0 Å². The lowest BCUT2D eigenvalue weighted by molar-refractivity contribution is 0.220. The van der Waals surface area contributed by atoms with Crippen LogP contribution in [0.4, 0.5) is 0 Å². The van der Waals surface area contributed by atoms with Gasteiger partial charge in [-0.1, -0.05) is 30.7 Å². The largest absolute Gasteiger partial charge is 0.365 e. The van der Waals surface area contributed by atoms with Crippen molar-refractivity contribution < 1.29 is 4.74 Å². The Morgan fingerprint density at radius 3 is 2.71 bits per heavy atom. The van der Waals surface area contributed by atoms with Crippen LogP contribution in [0.5, 0.6) is 0 Å². The fourth-order valence-corrected chi connectivity index (χ4v) is 2.65. The molecular formula is C15H21NO. The van der Waals surface area contributed by atoms with Crippen molar-refractivity contribution in [3.8, 4) is 0 Å². The lowest BCUT2D eigenvalue weighted by Gasteiger charge is -2.26. The van der Waals surface area contributed by atoms with E-state index < -0.39 is 0 Å². The number of epoxide rings is 1. The quantitative estimate of drug-likeness (QED) is 0.743. The summed E-state index contributed by atoms with van der Waals surface area (Å²) >= 11 is 0. The summed E-state index contributed by atoms with van der Waals surface area (Å²) in [7, 11) is 0. The van der Waals surface area contributed by atoms with Crippen LogP contribution in [0.1, 0.15) is 37.3 Å². The first-order chi connectivity index (χ1) is 8.26. The summed E-state index contributed by atoms with van der Waals surface area (Å²) in [6, 6.07) is 8.92. The van der Waals surface area contributed by atoms with Crippen molar-refractivity contribution in [2.45, 2.75) is 38.3 Å². The van der Waals surface area contributed by atoms with E-state index in [2.05, 4.69) is 36.1 Å². The van der Waals surface area contributed by atoms with Gasteiger partial charge in [-0.15, -0.1) is 0 Å². The van der Waals surface area contributed by atoms with Gasteiger partial charge in [-0.2, -0.15) is 0 Å². The summed E-state index contributed by atoms with van der Waals surface area (Å²) < 4.78 is 5.51. The average Bonchev–Trinajstić information content (AvgIpc) is 3.11. The van der Waals surface area contributed by atoms with Gasteiger partial charge in [0.25, 0.3) is 0 Å². The number of benzene rings is 1. The molecule has 2 nitrogen and oxygen atoms in total. The van der Waals surface area contributed by atoms with Gasteiger partial charge in [0.1, 0.15) is 5.60 Å². The molecule has 0 amide bonds. The molecule has 0 bridgehead atoms. The molecule has 92 valence electrons. The predicted molar refractivity (Wildman–Crippen MR) is 68.9 cm³/mol. The normalized spacial score (nSPS) is 29.2. The van der Waals surface area contributed by atoms with Gasteiger partial charge in [-0.25, -0.2) is 0 Å². The number of likely N-dealkylation sites (tertiary alicyclic amines) is 1. The van der Waals surface area contributed by atoms with Gasteiger partial charge < -0.3 is 4.74 Å². The fraction of sp³-hybridized carbons (Fsp3) is 0.600. The second-order valence-electron chi connectivity index (χ2n) is 5.56. The van der Waals surface area contributed by atoms with E-state index in [4.69, 9.17) is 4.74 Å². The van der Waals surface area contributed by atoms with Crippen LogP contribution >= 0.6 is 0 Å². The molecule has 2 saturated heterocycles. The molecule has 17 heavy (non-hydrogen) atoms. The van der Waals surface area contributed by atoms with Gasteiger partial charge in [0, 0.05) is 6.54 Å². The van der Waals surface area contributed by atoms with Crippen LogP contribution in [0.2, 0.25) is 0 Å². The van der Waals surface area contributed by atoms with Gasteiger partial charge >= 0.3 is 0 Å². The van der Waals surface area contributed by atoms with Crippen molar-refractivity contribution in [3.63, 3.8) is 0 Å². The minimum absolute atomic E-state index is 0.0118. The van der Waals surface area contributed by atoms with Crippen LogP contribution in [-0.4, -0.2) is 24.6 Å². The Morgan fingerprint density at radius 1 is 1.24 bits per heavy atom. The molecule has 1 atom stereocenters. The second-order valence-corrected chi connectivity index (χ2v) is 5.56. The highest BCUT2D eigenvalue weighted by atomic mass is 16.6. The summed E-state index contributed by atoms with van der Waals surface area (Å²) in [4.78, 5) is 2.57. The SMILES string of the molecule is CC1(c2cccc(CN3CCCCC3)c2)CO1. The van der Waals surface area contributed by atoms with Crippen LogP contribution in [0, 0.1) is 0 Å². The Bertz CT molecular complexity index is 392. The summed E-state index contributed by atoms with van der Waals surface area (Å²) in [5.41, 5.74) is 2.78. The van der Waals surface area contributed by atoms with Gasteiger partial charge in [0.15, 0.2) is 0 Å². The molecule has 0 saturated carbocycles. The van der Waals surface area contributed by atoms with Crippen molar-refractivity contribution in [1.82, 2.24) is 4.90 Å². The Balaban J connectivity index is 1.70. The molecule has 0 spiro atoms. The van der Waals surface area contributed by atoms with E-state index >= 15 is 0 Å². The van der Waals surface area contributed by atoms with Crippen molar-refractivity contribution in [3.05, 3.63) is 35.4 Å². The number of ether oxygens (including phenoxy) is 1. The molecule has 3 rings (SSSR count). The Morgan fingerprint density at radius 2 is 2.00 bits per heavy atom. The summed E-state index contributed by atoms with van der Waals surface area (Å²) in [6.45, 7) is 6.67. The minimum atomic E-state index is 0.0118. The molecule has 2 heterocycles. The third-order valence-electron chi connectivity index (χ3n) is 3.97. The van der Waals surface area contributed by atoms with Crippen LogP contribution in [0.15, 0.2) is 24.3 Å². The Hall–Kier alpha value is -0.860. The first kappa shape index (κ1) is 11.2. The molecule has 1 aromatic rings. The van der Waals surface area contributed by atoms with Crippen molar-refractivity contribution in [2.75, 3.05) is 19.7 Å². The van der Waals surface area contributed by atoms with Crippen molar-refractivity contribution >= 4 is 0 Å². The first-order valence-corrected chi connectivity index (χ1v) is 6.72. The molecule has 0 aromatic heterocycles. The summed E-state index contributed by atoms with van der Waals surface area (Å²) in [6.07, 6.45) is 4.13. The number of hydrogen-bond acceptors (Lipinski definition) is 2. The zero-order valence-corrected chi connectivity index (χ0v) is 10.6. The highest BCUT2D eigenvalue weighted by molar-refractivity contribution is 5.30. The lowest BCUT2D eigenvalue weighted by atomic mass is 9.99. The van der Waals surface area contributed by atoms with E-state index in [1.165, 1.54) is 43.5 Å². The first-order valence-electron chi connectivity index (χ1n) is 6.72. The molecule has 2 heteroatoms. The van der Waals surface area contributed by atoms with E-state index in [0.29, 0.717) is 0 Å². The maximum absolute atomic E-state index is 5.51. The van der Waals surface area contributed by atoms with E-state index in [1.807, 2.05) is 0 Å². The van der Waals surface area contributed by atoms with E-state index in [0.717, 1.165) is 13.2 Å². The third kappa shape index (κ3) is 2.53. The molecule has 0 radical (unpaired) electrons. The standard InChI is InChI=1S/C15H21NO/c1-15(12-17-15)14-7-5-6-13(10-14)11-16-8-3-2-4-9-16/h5-7,10H,2-4,8-9,11-12H2,1H3. The van der Waals surface area contributed by atoms with Gasteiger partial charge in [0.2, 0.25) is 0 Å². The van der Waals surface area contributed by atoms with Crippen LogP contribution in [0.25, 0.3) is 0 Å². The molecule has 2 aliphatic rings. The topological polar surface area (TPSA) is 15.8 Å². The number of rotatable bonds is 3. The molecule has 0 aliphatic carbocycles. The van der Waals surface area contributed by atoms with Gasteiger partial charge in [0.05, 0.1) is 6.61 Å². The highest BCUT2D eigenvalue weighted by Crippen LogP contribution is 2.38. The summed E-state index contributed by atoms with van der Waals surface area (Å²) in [5, 5.41) is 0. The smallest absolute Gasteiger partial charge is 0.114 e. The van der Waals surface area contributed by atoms with E-state index in [1.54, 1.807) is 0 Å². The Labute approximate surface area is 104 Å². The maximum atomic E-state index is 5.51.